The van der Waals surface area contributed by atoms with Crippen molar-refractivity contribution in [2.24, 2.45) is 5.92 Å². The predicted molar refractivity (Wildman–Crippen MR) is 101 cm³/mol. The van der Waals surface area contributed by atoms with E-state index in [0.29, 0.717) is 25.2 Å². The third kappa shape index (κ3) is 3.77. The van der Waals surface area contributed by atoms with E-state index in [0.717, 1.165) is 11.3 Å². The number of hydrazine groups is 1. The third-order valence-electron chi connectivity index (χ3n) is 5.05. The molecular weight excluding hydrogens is 364 g/mol. The molecule has 4 N–H and O–H groups in total. The molecule has 1 saturated heterocycles. The molecule has 1 saturated carbocycles. The molecule has 0 bridgehead atoms. The fraction of sp³-hybridized carbons (Fsp3) is 0.421. The summed E-state index contributed by atoms with van der Waals surface area (Å²) in [6, 6.07) is 11.7. The van der Waals surface area contributed by atoms with E-state index >= 15 is 0 Å². The van der Waals surface area contributed by atoms with Crippen LogP contribution in [0.15, 0.2) is 40.9 Å². The number of epoxide rings is 1. The Labute approximate surface area is 164 Å². The number of nitrogens with one attached hydrogen (secondary N) is 3. The van der Waals surface area contributed by atoms with Crippen LogP contribution in [0.1, 0.15) is 28.4 Å². The molecule has 1 aliphatic carbocycles. The van der Waals surface area contributed by atoms with Crippen LogP contribution < -0.4 is 16.2 Å². The van der Waals surface area contributed by atoms with Crippen LogP contribution in [-0.2, 0) is 20.1 Å². The van der Waals surface area contributed by atoms with Gasteiger partial charge < -0.3 is 14.4 Å². The molecule has 1 aromatic carbocycles. The molecule has 1 unspecified atom stereocenters. The summed E-state index contributed by atoms with van der Waals surface area (Å²) in [4.78, 5) is 23.3. The third-order valence-corrected chi connectivity index (χ3v) is 5.05. The van der Waals surface area contributed by atoms with Crippen LogP contribution >= 0.6 is 0 Å². The molecule has 28 heavy (non-hydrogen) atoms. The Balaban J connectivity index is 0.00000160. The quantitative estimate of drug-likeness (QED) is 0.426. The van der Waals surface area contributed by atoms with Gasteiger partial charge in [0.1, 0.15) is 18.4 Å². The first-order chi connectivity index (χ1) is 13.5. The van der Waals surface area contributed by atoms with Crippen molar-refractivity contribution in [2.45, 2.75) is 37.6 Å². The van der Waals surface area contributed by atoms with Gasteiger partial charge in [-0.1, -0.05) is 35.5 Å². The number of hydrogen-bond donors (Lipinski definition) is 4. The Morgan fingerprint density at radius 1 is 1.29 bits per heavy atom. The molecule has 2 aromatic rings. The molecule has 2 aliphatic rings. The molecule has 2 amide bonds. The summed E-state index contributed by atoms with van der Waals surface area (Å²) in [6.45, 7) is 1.81. The molecule has 2 atom stereocenters. The minimum Gasteiger partial charge on any atom is -0.383 e. The van der Waals surface area contributed by atoms with E-state index in [4.69, 9.17) is 14.4 Å². The zero-order valence-corrected chi connectivity index (χ0v) is 15.3. The van der Waals surface area contributed by atoms with Crippen LogP contribution in [0.4, 0.5) is 0 Å². The van der Waals surface area contributed by atoms with Gasteiger partial charge in [-0.05, 0) is 19.8 Å². The average molecular weight is 390 g/mol. The largest absolute Gasteiger partial charge is 0.383 e. The molecule has 1 aromatic heterocycles. The van der Waals surface area contributed by atoms with Gasteiger partial charge >= 0.3 is 0 Å². The summed E-state index contributed by atoms with van der Waals surface area (Å²) >= 11 is 0. The highest BCUT2D eigenvalue weighted by Gasteiger charge is 2.53. The second kappa shape index (κ2) is 7.34. The zero-order chi connectivity index (χ0) is 19.7. The van der Waals surface area contributed by atoms with Crippen molar-refractivity contribution in [1.29, 1.82) is 0 Å². The first kappa shape index (κ1) is 18.6. The van der Waals surface area contributed by atoms with Gasteiger partial charge in [-0.15, -0.1) is 0 Å². The topological polar surface area (TPSA) is 129 Å². The van der Waals surface area contributed by atoms with E-state index in [2.05, 4.69) is 21.3 Å². The number of rotatable bonds is 6. The van der Waals surface area contributed by atoms with Gasteiger partial charge in [-0.3, -0.25) is 25.8 Å². The Hall–Kier alpha value is -2.75. The van der Waals surface area contributed by atoms with Gasteiger partial charge in [0.25, 0.3) is 5.91 Å². The van der Waals surface area contributed by atoms with E-state index in [9.17, 15) is 9.59 Å². The highest BCUT2D eigenvalue weighted by molar-refractivity contribution is 5.85. The van der Waals surface area contributed by atoms with E-state index in [-0.39, 0.29) is 20.7 Å². The molecule has 9 heteroatoms. The summed E-state index contributed by atoms with van der Waals surface area (Å²) in [5.41, 5.74) is 5.55. The fourth-order valence-corrected chi connectivity index (χ4v) is 3.19. The summed E-state index contributed by atoms with van der Waals surface area (Å²) in [6.07, 6.45) is 0.0492. The van der Waals surface area contributed by atoms with E-state index in [1.807, 2.05) is 36.4 Å². The van der Waals surface area contributed by atoms with Crippen LogP contribution in [0.5, 0.6) is 0 Å². The maximum atomic E-state index is 12.0. The van der Waals surface area contributed by atoms with Crippen molar-refractivity contribution < 1.29 is 26.8 Å². The lowest BCUT2D eigenvalue weighted by Gasteiger charge is -2.36. The molecular formula is C19H26N4O5. The number of carbonyl (C=O) groups is 2. The van der Waals surface area contributed by atoms with E-state index in [1.165, 1.54) is 6.92 Å². The highest BCUT2D eigenvalue weighted by atomic mass is 16.6. The lowest BCUT2D eigenvalue weighted by Crippen LogP contribution is -2.54. The van der Waals surface area contributed by atoms with Gasteiger partial charge in [-0.2, -0.15) is 0 Å². The minimum atomic E-state index is -1.18. The monoisotopic (exact) mass is 390 g/mol. The number of ether oxygens (including phenoxy) is 1. The molecule has 0 radical (unpaired) electrons. The first-order valence-electron chi connectivity index (χ1n) is 9.19. The number of nitrogens with zero attached hydrogens (tertiary/aromatic N) is 1. The summed E-state index contributed by atoms with van der Waals surface area (Å²) < 4.78 is 11.1. The van der Waals surface area contributed by atoms with Crippen molar-refractivity contribution in [3.05, 3.63) is 42.2 Å². The van der Waals surface area contributed by atoms with Crippen LogP contribution in [-0.4, -0.2) is 40.8 Å². The van der Waals surface area contributed by atoms with Crippen LogP contribution in [0.25, 0.3) is 11.3 Å². The predicted octanol–water partition coefficient (Wildman–Crippen LogP) is 0.913. The SMILES string of the molecule is C[C@@H](O)C(=O)NNC(=O)C1CC(NC2(c3cc(-c4ccccc4)no3)CO2)C1.[HH].[HH]. The maximum Gasteiger partial charge on any atom is 0.266 e. The summed E-state index contributed by atoms with van der Waals surface area (Å²) in [5, 5.41) is 16.6. The van der Waals surface area contributed by atoms with Crippen LogP contribution in [0, 0.1) is 5.92 Å². The van der Waals surface area contributed by atoms with E-state index in [1.54, 1.807) is 0 Å². The van der Waals surface area contributed by atoms with Gasteiger partial charge in [-0.25, -0.2) is 0 Å². The van der Waals surface area contributed by atoms with Gasteiger partial charge in [0.05, 0.1) is 0 Å². The molecule has 1 aliphatic heterocycles. The van der Waals surface area contributed by atoms with Gasteiger partial charge in [0.2, 0.25) is 11.6 Å². The van der Waals surface area contributed by atoms with Crippen LogP contribution in [0.3, 0.4) is 0 Å². The van der Waals surface area contributed by atoms with Gasteiger partial charge in [0, 0.05) is 26.4 Å². The lowest BCUT2D eigenvalue weighted by molar-refractivity contribution is -0.136. The average Bonchev–Trinajstić information content (AvgIpc) is 3.28. The number of aromatic nitrogens is 1. The van der Waals surface area contributed by atoms with Crippen molar-refractivity contribution in [1.82, 2.24) is 21.3 Å². The van der Waals surface area contributed by atoms with Crippen molar-refractivity contribution in [2.75, 3.05) is 6.61 Å². The number of amides is 2. The summed E-state index contributed by atoms with van der Waals surface area (Å²) in [7, 11) is 0. The van der Waals surface area contributed by atoms with Crippen molar-refractivity contribution >= 4 is 11.8 Å². The number of hydrogen-bond acceptors (Lipinski definition) is 7. The standard InChI is InChI=1S/C19H22N4O5.2H2/c1-11(24)17(25)21-22-18(26)13-7-14(8-13)20-19(10-27-19)16-9-15(23-28-16)12-5-3-2-4-6-12;;/h2-6,9,11,13-14,20,24H,7-8,10H2,1H3,(H,21,25)(H,22,26);2*1H/t11-,13?,14?,19?;;/m1../s1. The Bertz CT molecular complexity index is 867. The number of carbonyl (C=O) groups excluding carboxylic acids is 2. The molecule has 152 valence electrons. The molecule has 2 heterocycles. The minimum absolute atomic E-state index is 0. The molecule has 2 fully saturated rings. The van der Waals surface area contributed by atoms with Crippen molar-refractivity contribution in [3.63, 3.8) is 0 Å². The molecule has 0 spiro atoms. The molecule has 4 rings (SSSR count). The van der Waals surface area contributed by atoms with E-state index < -0.39 is 17.7 Å². The number of aliphatic hydroxyl groups excluding tert-OH is 1. The Morgan fingerprint density at radius 2 is 2.00 bits per heavy atom. The summed E-state index contributed by atoms with van der Waals surface area (Å²) in [5.74, 6) is -0.517. The fourth-order valence-electron chi connectivity index (χ4n) is 3.19. The lowest BCUT2D eigenvalue weighted by atomic mass is 9.79. The Morgan fingerprint density at radius 3 is 2.64 bits per heavy atom. The molecule has 9 nitrogen and oxygen atoms in total. The number of aliphatic hydroxyl groups is 1. The normalized spacial score (nSPS) is 26.8. The van der Waals surface area contributed by atoms with Crippen LogP contribution in [0.2, 0.25) is 0 Å². The smallest absolute Gasteiger partial charge is 0.266 e. The van der Waals surface area contributed by atoms with Crippen molar-refractivity contribution in [3.8, 4) is 11.3 Å². The first-order valence-corrected chi connectivity index (χ1v) is 9.19. The maximum absolute atomic E-state index is 12.0. The highest BCUT2D eigenvalue weighted by Crippen LogP contribution is 2.41. The number of benzene rings is 1. The zero-order valence-electron chi connectivity index (χ0n) is 15.3. The Kier molecular flexibility index (Phi) is 4.88. The second-order valence-electron chi connectivity index (χ2n) is 7.22. The van der Waals surface area contributed by atoms with Gasteiger partial charge in [0.15, 0.2) is 5.76 Å². The second-order valence-corrected chi connectivity index (χ2v) is 7.22.